The van der Waals surface area contributed by atoms with E-state index in [9.17, 15) is 13.2 Å². The molecule has 37 heavy (non-hydrogen) atoms. The molecular formula is C28H34N2O5S2. The minimum absolute atomic E-state index is 0.0706. The number of rotatable bonds is 13. The topological polar surface area (TPSA) is 85.3 Å². The highest BCUT2D eigenvalue weighted by Crippen LogP contribution is 2.35. The highest BCUT2D eigenvalue weighted by atomic mass is 32.2. The third-order valence-corrected chi connectivity index (χ3v) is 8.11. The zero-order valence-electron chi connectivity index (χ0n) is 21.6. The number of amidine groups is 1. The molecule has 1 amide bonds. The van der Waals surface area contributed by atoms with Crippen molar-refractivity contribution in [2.45, 2.75) is 50.8 Å². The van der Waals surface area contributed by atoms with Gasteiger partial charge in [0.1, 0.15) is 0 Å². The number of carbonyl (C=O) groups excluding carboxylic acids is 1. The third-order valence-electron chi connectivity index (χ3n) is 5.71. The molecular weight excluding hydrogens is 508 g/mol. The predicted molar refractivity (Wildman–Crippen MR) is 151 cm³/mol. The fourth-order valence-corrected chi connectivity index (χ4v) is 5.86. The first kappa shape index (κ1) is 28.5. The highest BCUT2D eigenvalue weighted by molar-refractivity contribution is 8.19. The number of unbranched alkanes of at least 4 members (excludes halogenated alkanes) is 4. The molecule has 1 fully saturated rings. The van der Waals surface area contributed by atoms with Crippen molar-refractivity contribution in [1.82, 2.24) is 4.90 Å². The molecule has 1 aliphatic rings. The average molecular weight is 543 g/mol. The Bertz CT molecular complexity index is 1270. The van der Waals surface area contributed by atoms with Crippen molar-refractivity contribution >= 4 is 38.9 Å². The fraction of sp³-hybridized carbons (Fsp3) is 0.357. The Morgan fingerprint density at radius 3 is 2.46 bits per heavy atom. The monoisotopic (exact) mass is 542 g/mol. The van der Waals surface area contributed by atoms with E-state index >= 15 is 0 Å². The number of hydrogen-bond donors (Lipinski definition) is 0. The smallest absolute Gasteiger partial charge is 0.284 e. The predicted octanol–water partition coefficient (Wildman–Crippen LogP) is 6.20. The SMILES string of the molecule is C=CCN1C(=O)/C(=C/c2ccc(OC)c(OCCCCCCC)c2)S/C1=N/S(=O)(=O)c1ccc(C)cc1. The van der Waals surface area contributed by atoms with Crippen LogP contribution < -0.4 is 9.47 Å². The molecule has 0 bridgehead atoms. The summed E-state index contributed by atoms with van der Waals surface area (Å²) < 4.78 is 41.2. The largest absolute Gasteiger partial charge is 0.493 e. The van der Waals surface area contributed by atoms with Gasteiger partial charge in [-0.15, -0.1) is 11.0 Å². The average Bonchev–Trinajstić information content (AvgIpc) is 3.15. The van der Waals surface area contributed by atoms with Gasteiger partial charge in [-0.2, -0.15) is 8.42 Å². The lowest BCUT2D eigenvalue weighted by molar-refractivity contribution is -0.121. The molecule has 0 atom stereocenters. The molecule has 3 rings (SSSR count). The quantitative estimate of drug-likeness (QED) is 0.170. The van der Waals surface area contributed by atoms with E-state index in [1.807, 2.05) is 19.1 Å². The maximum Gasteiger partial charge on any atom is 0.284 e. The number of sulfonamides is 1. The summed E-state index contributed by atoms with van der Waals surface area (Å²) in [5, 5.41) is 0.0915. The lowest BCUT2D eigenvalue weighted by Gasteiger charge is -2.12. The van der Waals surface area contributed by atoms with Crippen molar-refractivity contribution < 1.29 is 22.7 Å². The molecule has 9 heteroatoms. The summed E-state index contributed by atoms with van der Waals surface area (Å²) in [4.78, 5) is 14.9. The summed E-state index contributed by atoms with van der Waals surface area (Å²) in [7, 11) is -2.41. The summed E-state index contributed by atoms with van der Waals surface area (Å²) in [6.07, 6.45) is 8.90. The molecule has 2 aromatic carbocycles. The molecule has 0 spiro atoms. The Labute approximate surface area is 224 Å². The van der Waals surface area contributed by atoms with Crippen LogP contribution in [0.4, 0.5) is 0 Å². The zero-order chi connectivity index (χ0) is 26.8. The summed E-state index contributed by atoms with van der Waals surface area (Å²) in [6, 6.07) is 11.9. The number of amides is 1. The summed E-state index contributed by atoms with van der Waals surface area (Å²) in [5.74, 6) is 0.874. The Morgan fingerprint density at radius 2 is 1.78 bits per heavy atom. The lowest BCUT2D eigenvalue weighted by Crippen LogP contribution is -2.29. The van der Waals surface area contributed by atoms with Crippen LogP contribution in [0, 0.1) is 6.92 Å². The van der Waals surface area contributed by atoms with Crippen LogP contribution >= 0.6 is 11.8 Å². The van der Waals surface area contributed by atoms with Crippen molar-refractivity contribution in [3.63, 3.8) is 0 Å². The van der Waals surface area contributed by atoms with E-state index in [0.717, 1.165) is 35.7 Å². The Balaban J connectivity index is 1.84. The molecule has 198 valence electrons. The molecule has 2 aromatic rings. The third kappa shape index (κ3) is 7.72. The first-order chi connectivity index (χ1) is 17.8. The van der Waals surface area contributed by atoms with Crippen molar-refractivity contribution in [2.24, 2.45) is 4.40 Å². The second-order valence-electron chi connectivity index (χ2n) is 8.65. The minimum Gasteiger partial charge on any atom is -0.493 e. The summed E-state index contributed by atoms with van der Waals surface area (Å²) >= 11 is 1.02. The van der Waals surface area contributed by atoms with Gasteiger partial charge in [0.25, 0.3) is 15.9 Å². The Hall–Kier alpha value is -3.04. The van der Waals surface area contributed by atoms with E-state index in [2.05, 4.69) is 17.9 Å². The molecule has 0 aromatic heterocycles. The number of hydrogen-bond acceptors (Lipinski definition) is 6. The standard InChI is InChI=1S/C28H34N2O5S2/c1-5-7-8-9-10-18-35-25-19-22(13-16-24(25)34-4)20-26-27(31)30(17-6-2)28(36-26)29-37(32,33)23-14-11-21(3)12-15-23/h6,11-16,19-20H,2,5,7-10,17-18H2,1,3-4H3/b26-20-,29-28+. The normalized spacial score (nSPS) is 16.0. The van der Waals surface area contributed by atoms with Gasteiger partial charge in [0, 0.05) is 6.54 Å². The van der Waals surface area contributed by atoms with Gasteiger partial charge in [0.15, 0.2) is 16.7 Å². The van der Waals surface area contributed by atoms with Gasteiger partial charge in [-0.1, -0.05) is 62.4 Å². The lowest BCUT2D eigenvalue weighted by atomic mass is 10.1. The minimum atomic E-state index is -3.99. The van der Waals surface area contributed by atoms with Crippen LogP contribution in [0.3, 0.4) is 0 Å². The van der Waals surface area contributed by atoms with Crippen LogP contribution in [-0.2, 0) is 14.8 Å². The molecule has 0 radical (unpaired) electrons. The van der Waals surface area contributed by atoms with Crippen LogP contribution in [0.1, 0.15) is 50.2 Å². The fourth-order valence-electron chi connectivity index (χ4n) is 3.67. The number of nitrogens with zero attached hydrogens (tertiary/aromatic N) is 2. The van der Waals surface area contributed by atoms with Crippen molar-refractivity contribution in [2.75, 3.05) is 20.3 Å². The van der Waals surface area contributed by atoms with Gasteiger partial charge in [0.2, 0.25) is 0 Å². The maximum absolute atomic E-state index is 13.1. The second kappa shape index (κ2) is 13.5. The van der Waals surface area contributed by atoms with Crippen LogP contribution in [0.5, 0.6) is 11.5 Å². The number of benzene rings is 2. The van der Waals surface area contributed by atoms with Crippen molar-refractivity contribution in [1.29, 1.82) is 0 Å². The molecule has 1 saturated heterocycles. The Morgan fingerprint density at radius 1 is 1.05 bits per heavy atom. The molecule has 7 nitrogen and oxygen atoms in total. The first-order valence-electron chi connectivity index (χ1n) is 12.3. The van der Waals surface area contributed by atoms with E-state index in [0.29, 0.717) is 23.0 Å². The summed E-state index contributed by atoms with van der Waals surface area (Å²) in [5.41, 5.74) is 1.67. The van der Waals surface area contributed by atoms with Crippen LogP contribution in [0.2, 0.25) is 0 Å². The van der Waals surface area contributed by atoms with Crippen molar-refractivity contribution in [3.8, 4) is 11.5 Å². The molecule has 0 saturated carbocycles. The second-order valence-corrected chi connectivity index (χ2v) is 11.3. The molecule has 0 N–H and O–H groups in total. The Kier molecular flexibility index (Phi) is 10.4. The van der Waals surface area contributed by atoms with Gasteiger partial charge < -0.3 is 9.47 Å². The highest BCUT2D eigenvalue weighted by Gasteiger charge is 2.34. The molecule has 0 unspecified atom stereocenters. The van der Waals surface area contributed by atoms with Gasteiger partial charge in [-0.05, 0) is 61.0 Å². The van der Waals surface area contributed by atoms with E-state index in [1.54, 1.807) is 31.4 Å². The van der Waals surface area contributed by atoms with Crippen LogP contribution in [0.25, 0.3) is 6.08 Å². The first-order valence-corrected chi connectivity index (χ1v) is 14.6. The number of ether oxygens (including phenoxy) is 2. The zero-order valence-corrected chi connectivity index (χ0v) is 23.2. The number of carbonyl (C=O) groups is 1. The van der Waals surface area contributed by atoms with E-state index in [-0.39, 0.29) is 22.5 Å². The van der Waals surface area contributed by atoms with Crippen LogP contribution in [0.15, 0.2) is 69.3 Å². The van der Waals surface area contributed by atoms with Gasteiger partial charge >= 0.3 is 0 Å². The molecule has 0 aliphatic carbocycles. The molecule has 1 heterocycles. The van der Waals surface area contributed by atoms with E-state index in [1.165, 1.54) is 42.4 Å². The van der Waals surface area contributed by atoms with E-state index < -0.39 is 10.0 Å². The number of thioether (sulfide) groups is 1. The van der Waals surface area contributed by atoms with Crippen LogP contribution in [-0.4, -0.2) is 44.7 Å². The van der Waals surface area contributed by atoms with Gasteiger partial charge in [-0.25, -0.2) is 0 Å². The number of aryl methyl sites for hydroxylation is 1. The summed E-state index contributed by atoms with van der Waals surface area (Å²) in [6.45, 7) is 8.47. The molecule has 1 aliphatic heterocycles. The number of methoxy groups -OCH3 is 1. The van der Waals surface area contributed by atoms with E-state index in [4.69, 9.17) is 9.47 Å². The van der Waals surface area contributed by atoms with Gasteiger partial charge in [0.05, 0.1) is 23.5 Å². The van der Waals surface area contributed by atoms with Gasteiger partial charge in [-0.3, -0.25) is 9.69 Å². The maximum atomic E-state index is 13.1. The van der Waals surface area contributed by atoms with Crippen molar-refractivity contribution in [3.05, 3.63) is 71.2 Å².